The second-order valence-corrected chi connectivity index (χ2v) is 10.3. The van der Waals surface area contributed by atoms with Gasteiger partial charge in [0, 0.05) is 24.2 Å². The number of rotatable bonds is 6. The fourth-order valence-corrected chi connectivity index (χ4v) is 6.26. The molecule has 3 unspecified atom stereocenters. The monoisotopic (exact) mass is 441 g/mol. The molecule has 0 spiro atoms. The first kappa shape index (κ1) is 22.9. The molecule has 3 saturated carbocycles. The van der Waals surface area contributed by atoms with Gasteiger partial charge in [-0.2, -0.15) is 0 Å². The Morgan fingerprint density at radius 2 is 1.81 bits per heavy atom. The number of amides is 3. The van der Waals surface area contributed by atoms with E-state index in [0.717, 1.165) is 62.5 Å². The normalized spacial score (nSPS) is 31.9. The molecule has 2 bridgehead atoms. The summed E-state index contributed by atoms with van der Waals surface area (Å²) < 4.78 is 6.12. The van der Waals surface area contributed by atoms with E-state index >= 15 is 0 Å². The largest absolute Gasteiger partial charge is 0.490 e. The molecule has 6 nitrogen and oxygen atoms in total. The number of hydrogen-bond donors (Lipinski definition) is 3. The van der Waals surface area contributed by atoms with Gasteiger partial charge in [-0.1, -0.05) is 26.2 Å². The van der Waals surface area contributed by atoms with Gasteiger partial charge in [-0.25, -0.2) is 4.79 Å². The predicted octanol–water partition coefficient (Wildman–Crippen LogP) is 4.78. The van der Waals surface area contributed by atoms with E-state index < -0.39 is 0 Å². The zero-order valence-electron chi connectivity index (χ0n) is 19.6. The number of hydrogen-bond acceptors (Lipinski definition) is 3. The van der Waals surface area contributed by atoms with Crippen molar-refractivity contribution in [1.82, 2.24) is 16.0 Å². The number of benzene rings is 1. The highest BCUT2D eigenvalue weighted by Gasteiger charge is 2.43. The van der Waals surface area contributed by atoms with Gasteiger partial charge < -0.3 is 20.7 Å². The van der Waals surface area contributed by atoms with Crippen molar-refractivity contribution in [2.75, 3.05) is 7.05 Å². The minimum absolute atomic E-state index is 0.0209. The molecule has 3 N–H and O–H groups in total. The molecule has 0 aliphatic heterocycles. The molecule has 0 radical (unpaired) electrons. The highest BCUT2D eigenvalue weighted by molar-refractivity contribution is 5.94. The van der Waals surface area contributed by atoms with Crippen molar-refractivity contribution in [3.8, 4) is 5.75 Å². The zero-order valence-corrected chi connectivity index (χ0v) is 19.6. The summed E-state index contributed by atoms with van der Waals surface area (Å²) in [5.41, 5.74) is 0.651. The molecule has 0 heterocycles. The van der Waals surface area contributed by atoms with Crippen molar-refractivity contribution in [3.63, 3.8) is 0 Å². The highest BCUT2D eigenvalue weighted by atomic mass is 16.5. The molecule has 0 saturated heterocycles. The molecular weight excluding hydrogens is 402 g/mol. The summed E-state index contributed by atoms with van der Waals surface area (Å²) in [6.07, 6.45) is 12.5. The predicted molar refractivity (Wildman–Crippen MR) is 126 cm³/mol. The molecule has 3 aliphatic carbocycles. The van der Waals surface area contributed by atoms with E-state index in [1.807, 2.05) is 12.1 Å². The molecule has 1 aromatic rings. The lowest BCUT2D eigenvalue weighted by atomic mass is 9.63. The first-order valence-electron chi connectivity index (χ1n) is 12.6. The van der Waals surface area contributed by atoms with Crippen LogP contribution in [0.2, 0.25) is 0 Å². The van der Waals surface area contributed by atoms with Crippen LogP contribution in [0.15, 0.2) is 24.3 Å². The molecule has 0 aromatic heterocycles. The first-order valence-corrected chi connectivity index (χ1v) is 12.6. The third kappa shape index (κ3) is 5.57. The van der Waals surface area contributed by atoms with Crippen LogP contribution in [0.5, 0.6) is 5.75 Å². The van der Waals surface area contributed by atoms with E-state index in [2.05, 4.69) is 22.9 Å². The molecule has 3 fully saturated rings. The molecule has 4 rings (SSSR count). The lowest BCUT2D eigenvalue weighted by Crippen LogP contribution is -2.58. The van der Waals surface area contributed by atoms with Crippen LogP contribution in [0.3, 0.4) is 0 Å². The van der Waals surface area contributed by atoms with Crippen LogP contribution in [0.1, 0.15) is 87.9 Å². The summed E-state index contributed by atoms with van der Waals surface area (Å²) in [6.45, 7) is 2.29. The molecule has 32 heavy (non-hydrogen) atoms. The van der Waals surface area contributed by atoms with Gasteiger partial charge in [0.05, 0.1) is 6.10 Å². The van der Waals surface area contributed by atoms with Crippen LogP contribution in [0, 0.1) is 11.8 Å². The number of carbonyl (C=O) groups is 2. The second-order valence-electron chi connectivity index (χ2n) is 10.3. The number of nitrogens with one attached hydrogen (secondary N) is 3. The third-order valence-electron chi connectivity index (χ3n) is 7.90. The second kappa shape index (κ2) is 10.1. The van der Waals surface area contributed by atoms with E-state index in [4.69, 9.17) is 4.74 Å². The van der Waals surface area contributed by atoms with Gasteiger partial charge in [0.2, 0.25) is 0 Å². The van der Waals surface area contributed by atoms with E-state index in [9.17, 15) is 9.59 Å². The maximum absolute atomic E-state index is 12.9. The maximum Gasteiger partial charge on any atom is 0.315 e. The van der Waals surface area contributed by atoms with Crippen LogP contribution in [0.4, 0.5) is 4.79 Å². The van der Waals surface area contributed by atoms with Crippen LogP contribution in [-0.4, -0.2) is 36.7 Å². The average molecular weight is 442 g/mol. The maximum atomic E-state index is 12.9. The highest BCUT2D eigenvalue weighted by Crippen LogP contribution is 2.46. The number of urea groups is 1. The summed E-state index contributed by atoms with van der Waals surface area (Å²) >= 11 is 0. The summed E-state index contributed by atoms with van der Waals surface area (Å²) in [7, 11) is 1.63. The van der Waals surface area contributed by atoms with Crippen molar-refractivity contribution in [1.29, 1.82) is 0 Å². The van der Waals surface area contributed by atoms with Crippen molar-refractivity contribution in [2.24, 2.45) is 11.8 Å². The van der Waals surface area contributed by atoms with E-state index in [1.165, 1.54) is 25.7 Å². The van der Waals surface area contributed by atoms with Gasteiger partial charge in [-0.3, -0.25) is 4.79 Å². The SMILES string of the molecule is CCC1CC2CCCC(NC(=O)NC3CCC(Oc4ccc(C(=O)NC)cc4)CC3)(C1)C2. The summed E-state index contributed by atoms with van der Waals surface area (Å²) in [5, 5.41) is 9.31. The molecule has 3 amide bonds. The van der Waals surface area contributed by atoms with Crippen LogP contribution < -0.4 is 20.7 Å². The Labute approximate surface area is 192 Å². The first-order chi connectivity index (χ1) is 15.5. The van der Waals surface area contributed by atoms with Gasteiger partial charge in [0.25, 0.3) is 5.91 Å². The van der Waals surface area contributed by atoms with Crippen LogP contribution in [-0.2, 0) is 0 Å². The Bertz CT molecular complexity index is 788. The standard InChI is InChI=1S/C26H39N3O3/c1-3-18-15-19-5-4-14-26(16-18,17-19)29-25(31)28-21-8-12-23(13-9-21)32-22-10-6-20(7-11-22)24(30)27-2/h6-7,10-11,18-19,21,23H,3-5,8-9,12-17H2,1-2H3,(H,27,30)(H2,28,29,31). The quantitative estimate of drug-likeness (QED) is 0.594. The third-order valence-corrected chi connectivity index (χ3v) is 7.90. The molecule has 6 heteroatoms. The van der Waals surface area contributed by atoms with Crippen molar-refractivity contribution in [3.05, 3.63) is 29.8 Å². The van der Waals surface area contributed by atoms with Gasteiger partial charge in [0.15, 0.2) is 0 Å². The van der Waals surface area contributed by atoms with Gasteiger partial charge in [-0.05, 0) is 87.5 Å². The van der Waals surface area contributed by atoms with E-state index in [-0.39, 0.29) is 29.6 Å². The molecule has 1 aromatic carbocycles. The number of fused-ring (bicyclic) bond motifs is 2. The van der Waals surface area contributed by atoms with Gasteiger partial charge in [0.1, 0.15) is 5.75 Å². The fraction of sp³-hybridized carbons (Fsp3) is 0.692. The lowest BCUT2D eigenvalue weighted by molar-refractivity contribution is 0.0809. The Hall–Kier alpha value is -2.24. The minimum atomic E-state index is -0.0943. The summed E-state index contributed by atoms with van der Waals surface area (Å²) in [6, 6.07) is 7.52. The molecule has 3 atom stereocenters. The average Bonchev–Trinajstić information content (AvgIpc) is 2.79. The number of carbonyl (C=O) groups excluding carboxylic acids is 2. The van der Waals surface area contributed by atoms with Gasteiger partial charge >= 0.3 is 6.03 Å². The van der Waals surface area contributed by atoms with E-state index in [1.54, 1.807) is 19.2 Å². The summed E-state index contributed by atoms with van der Waals surface area (Å²) in [4.78, 5) is 24.5. The van der Waals surface area contributed by atoms with Crippen molar-refractivity contribution >= 4 is 11.9 Å². The topological polar surface area (TPSA) is 79.5 Å². The summed E-state index contributed by atoms with van der Waals surface area (Å²) in [5.74, 6) is 2.25. The van der Waals surface area contributed by atoms with E-state index in [0.29, 0.717) is 5.56 Å². The zero-order chi connectivity index (χ0) is 22.6. The Balaban J connectivity index is 1.22. The Morgan fingerprint density at radius 1 is 1.06 bits per heavy atom. The molecule has 3 aliphatic rings. The minimum Gasteiger partial charge on any atom is -0.490 e. The van der Waals surface area contributed by atoms with Gasteiger partial charge in [-0.15, -0.1) is 0 Å². The molecular formula is C26H39N3O3. The lowest BCUT2D eigenvalue weighted by Gasteiger charge is -2.49. The van der Waals surface area contributed by atoms with Crippen LogP contribution >= 0.6 is 0 Å². The fourth-order valence-electron chi connectivity index (χ4n) is 6.26. The van der Waals surface area contributed by atoms with Crippen LogP contribution in [0.25, 0.3) is 0 Å². The van der Waals surface area contributed by atoms with Crippen molar-refractivity contribution in [2.45, 2.75) is 95.2 Å². The van der Waals surface area contributed by atoms with Crippen molar-refractivity contribution < 1.29 is 14.3 Å². The molecule has 176 valence electrons. The smallest absolute Gasteiger partial charge is 0.315 e. The Kier molecular flexibility index (Phi) is 7.27. The Morgan fingerprint density at radius 3 is 2.50 bits per heavy atom. The number of ether oxygens (including phenoxy) is 1.